The highest BCUT2D eigenvalue weighted by Crippen LogP contribution is 2.27. The predicted octanol–water partition coefficient (Wildman–Crippen LogP) is 1.54. The third kappa shape index (κ3) is 6.23. The van der Waals surface area contributed by atoms with Crippen LogP contribution in [-0.4, -0.2) is 53.5 Å². The molecule has 1 unspecified atom stereocenters. The van der Waals surface area contributed by atoms with Crippen molar-refractivity contribution in [2.45, 2.75) is 44.8 Å². The molecular weight excluding hydrogens is 304 g/mol. The Hall–Kier alpha value is -1.43. The Bertz CT molecular complexity index is 475. The highest BCUT2D eigenvalue weighted by molar-refractivity contribution is 5.78. The minimum Gasteiger partial charge on any atom is -0.395 e. The highest BCUT2D eigenvalue weighted by Gasteiger charge is 2.27. The summed E-state index contributed by atoms with van der Waals surface area (Å²) in [4.78, 5) is 13.9. The third-order valence-corrected chi connectivity index (χ3v) is 4.76. The molecule has 2 rings (SSSR count). The predicted molar refractivity (Wildman–Crippen MR) is 94.4 cm³/mol. The monoisotopic (exact) mass is 334 g/mol. The lowest BCUT2D eigenvalue weighted by Crippen LogP contribution is -2.48. The molecule has 1 fully saturated rings. The van der Waals surface area contributed by atoms with Gasteiger partial charge in [-0.15, -0.1) is 0 Å². The second-order valence-corrected chi connectivity index (χ2v) is 6.59. The smallest absolute Gasteiger partial charge is 0.234 e. The van der Waals surface area contributed by atoms with Gasteiger partial charge in [0, 0.05) is 13.1 Å². The van der Waals surface area contributed by atoms with E-state index in [1.807, 2.05) is 30.3 Å². The minimum absolute atomic E-state index is 0.0545. The van der Waals surface area contributed by atoms with Gasteiger partial charge in [0.25, 0.3) is 0 Å². The van der Waals surface area contributed by atoms with E-state index in [0.717, 1.165) is 32.1 Å². The molecule has 0 saturated heterocycles. The fourth-order valence-electron chi connectivity index (χ4n) is 3.40. The number of hydrogen-bond donors (Lipinski definition) is 3. The van der Waals surface area contributed by atoms with Crippen LogP contribution in [-0.2, 0) is 11.2 Å². The maximum Gasteiger partial charge on any atom is 0.234 e. The summed E-state index contributed by atoms with van der Waals surface area (Å²) in [7, 11) is 0. The van der Waals surface area contributed by atoms with Gasteiger partial charge in [-0.05, 0) is 30.7 Å². The van der Waals surface area contributed by atoms with E-state index in [1.54, 1.807) is 4.90 Å². The number of nitrogens with one attached hydrogen (secondary N) is 1. The summed E-state index contributed by atoms with van der Waals surface area (Å²) in [5, 5.41) is 22.7. The number of aliphatic hydroxyl groups excluding tert-OH is 2. The van der Waals surface area contributed by atoms with Gasteiger partial charge in [0.1, 0.15) is 6.23 Å². The summed E-state index contributed by atoms with van der Waals surface area (Å²) < 4.78 is 0. The molecule has 1 aliphatic rings. The molecular formula is C19H30N2O3. The van der Waals surface area contributed by atoms with Crippen LogP contribution in [0.15, 0.2) is 30.3 Å². The van der Waals surface area contributed by atoms with Gasteiger partial charge in [0.15, 0.2) is 0 Å². The van der Waals surface area contributed by atoms with E-state index in [2.05, 4.69) is 5.32 Å². The first-order valence-electron chi connectivity index (χ1n) is 9.04. The third-order valence-electron chi connectivity index (χ3n) is 4.76. The van der Waals surface area contributed by atoms with Crippen LogP contribution in [0.1, 0.15) is 37.7 Å². The van der Waals surface area contributed by atoms with Crippen LogP contribution < -0.4 is 5.32 Å². The van der Waals surface area contributed by atoms with Crippen LogP contribution in [0, 0.1) is 5.92 Å². The zero-order chi connectivity index (χ0) is 17.2. The molecule has 1 aromatic carbocycles. The lowest BCUT2D eigenvalue weighted by atomic mass is 9.87. The quantitative estimate of drug-likeness (QED) is 0.599. The zero-order valence-electron chi connectivity index (χ0n) is 14.4. The second-order valence-electron chi connectivity index (χ2n) is 6.59. The van der Waals surface area contributed by atoms with Gasteiger partial charge in [-0.3, -0.25) is 9.69 Å². The van der Waals surface area contributed by atoms with E-state index in [4.69, 9.17) is 0 Å². The van der Waals surface area contributed by atoms with Crippen molar-refractivity contribution in [2.75, 3.05) is 26.2 Å². The van der Waals surface area contributed by atoms with Gasteiger partial charge >= 0.3 is 0 Å². The Balaban J connectivity index is 1.77. The van der Waals surface area contributed by atoms with Crippen molar-refractivity contribution < 1.29 is 15.0 Å². The minimum atomic E-state index is -0.641. The molecule has 0 aliphatic heterocycles. The van der Waals surface area contributed by atoms with Crippen LogP contribution in [0.2, 0.25) is 0 Å². The molecule has 0 heterocycles. The van der Waals surface area contributed by atoms with Crippen LogP contribution in [0.25, 0.3) is 0 Å². The molecule has 24 heavy (non-hydrogen) atoms. The largest absolute Gasteiger partial charge is 0.395 e. The van der Waals surface area contributed by atoms with Crippen molar-refractivity contribution in [1.82, 2.24) is 10.2 Å². The normalized spacial score (nSPS) is 17.0. The van der Waals surface area contributed by atoms with Gasteiger partial charge in [-0.1, -0.05) is 49.6 Å². The number of amides is 1. The summed E-state index contributed by atoms with van der Waals surface area (Å²) >= 11 is 0. The Morgan fingerprint density at radius 1 is 1.21 bits per heavy atom. The fraction of sp³-hybridized carbons (Fsp3) is 0.632. The molecule has 1 aliphatic carbocycles. The molecule has 5 nitrogen and oxygen atoms in total. The van der Waals surface area contributed by atoms with E-state index in [9.17, 15) is 15.0 Å². The summed E-state index contributed by atoms with van der Waals surface area (Å²) in [6, 6.07) is 10.0. The molecule has 134 valence electrons. The molecule has 0 radical (unpaired) electrons. The van der Waals surface area contributed by atoms with Crippen molar-refractivity contribution >= 4 is 5.91 Å². The molecule has 0 bridgehead atoms. The Morgan fingerprint density at radius 3 is 2.58 bits per heavy atom. The maximum absolute atomic E-state index is 12.2. The summed E-state index contributed by atoms with van der Waals surface area (Å²) in [5.74, 6) is 0.108. The van der Waals surface area contributed by atoms with Crippen molar-refractivity contribution in [3.63, 3.8) is 0 Å². The number of carbonyl (C=O) groups is 1. The first kappa shape index (κ1) is 18.9. The zero-order valence-corrected chi connectivity index (χ0v) is 14.4. The molecule has 0 spiro atoms. The molecule has 3 N–H and O–H groups in total. The van der Waals surface area contributed by atoms with Crippen molar-refractivity contribution in [2.24, 2.45) is 5.92 Å². The lowest BCUT2D eigenvalue weighted by Gasteiger charge is -2.34. The maximum atomic E-state index is 12.2. The van der Waals surface area contributed by atoms with Gasteiger partial charge in [-0.2, -0.15) is 0 Å². The van der Waals surface area contributed by atoms with Crippen LogP contribution >= 0.6 is 0 Å². The lowest BCUT2D eigenvalue weighted by molar-refractivity contribution is -0.128. The molecule has 0 aromatic heterocycles. The number of rotatable bonds is 9. The number of benzene rings is 1. The first-order valence-corrected chi connectivity index (χ1v) is 9.04. The summed E-state index contributed by atoms with van der Waals surface area (Å²) in [6.07, 6.45) is 5.64. The van der Waals surface area contributed by atoms with Gasteiger partial charge < -0.3 is 15.5 Å². The summed E-state index contributed by atoms with van der Waals surface area (Å²) in [5.41, 5.74) is 1.19. The Kier molecular flexibility index (Phi) is 8.22. The van der Waals surface area contributed by atoms with E-state index in [-0.39, 0.29) is 25.0 Å². The molecule has 5 heteroatoms. The Morgan fingerprint density at radius 2 is 1.92 bits per heavy atom. The highest BCUT2D eigenvalue weighted by atomic mass is 16.3. The van der Waals surface area contributed by atoms with E-state index in [0.29, 0.717) is 13.1 Å². The fourth-order valence-corrected chi connectivity index (χ4v) is 3.40. The topological polar surface area (TPSA) is 72.8 Å². The summed E-state index contributed by atoms with van der Waals surface area (Å²) in [6.45, 7) is 0.979. The Labute approximate surface area is 144 Å². The standard InChI is InChI=1S/C19H30N2O3/c22-14-13-21(19(24)17-9-5-2-6-10-17)15-18(23)20-12-11-16-7-3-1-4-8-16/h1,3-4,7-8,17,19,22,24H,2,5-6,9-15H2,(H,20,23). The average molecular weight is 334 g/mol. The van der Waals surface area contributed by atoms with E-state index < -0.39 is 6.23 Å². The van der Waals surface area contributed by atoms with Crippen molar-refractivity contribution in [1.29, 1.82) is 0 Å². The second kappa shape index (κ2) is 10.4. The van der Waals surface area contributed by atoms with Crippen LogP contribution in [0.3, 0.4) is 0 Å². The van der Waals surface area contributed by atoms with Gasteiger partial charge in [0.05, 0.1) is 13.2 Å². The van der Waals surface area contributed by atoms with Crippen LogP contribution in [0.5, 0.6) is 0 Å². The molecule has 1 amide bonds. The molecule has 1 saturated carbocycles. The molecule has 1 atom stereocenters. The van der Waals surface area contributed by atoms with Crippen molar-refractivity contribution in [3.05, 3.63) is 35.9 Å². The van der Waals surface area contributed by atoms with E-state index in [1.165, 1.54) is 12.0 Å². The van der Waals surface area contributed by atoms with E-state index >= 15 is 0 Å². The number of hydrogen-bond acceptors (Lipinski definition) is 4. The van der Waals surface area contributed by atoms with Crippen molar-refractivity contribution in [3.8, 4) is 0 Å². The average Bonchev–Trinajstić information content (AvgIpc) is 2.62. The van der Waals surface area contributed by atoms with Gasteiger partial charge in [0.2, 0.25) is 5.91 Å². The first-order chi connectivity index (χ1) is 11.7. The van der Waals surface area contributed by atoms with Gasteiger partial charge in [-0.25, -0.2) is 0 Å². The van der Waals surface area contributed by atoms with Crippen LogP contribution in [0.4, 0.5) is 0 Å². The SMILES string of the molecule is O=C(CN(CCO)C(O)C1CCCCC1)NCCc1ccccc1. The number of aliphatic hydroxyl groups is 2. The molecule has 1 aromatic rings. The number of carbonyl (C=O) groups excluding carboxylic acids is 1. The number of nitrogens with zero attached hydrogens (tertiary/aromatic N) is 1.